The number of aliphatic imine (C=N–C) groups is 1. The molecule has 0 radical (unpaired) electrons. The Balaban J connectivity index is 0.00000177. The quantitative estimate of drug-likeness (QED) is 0.212. The number of allylic oxidation sites excluding steroid dienone is 4. The smallest absolute Gasteiger partial charge is 0.300 e. The van der Waals surface area contributed by atoms with Crippen molar-refractivity contribution in [1.82, 2.24) is 4.90 Å². The van der Waals surface area contributed by atoms with E-state index >= 15 is 0 Å². The number of amides is 1. The fourth-order valence-electron chi connectivity index (χ4n) is 4.22. The summed E-state index contributed by atoms with van der Waals surface area (Å²) in [7, 11) is 0. The van der Waals surface area contributed by atoms with Gasteiger partial charge in [-0.3, -0.25) is 14.6 Å². The molecule has 1 amide bonds. The Morgan fingerprint density at radius 3 is 2.33 bits per heavy atom. The van der Waals surface area contributed by atoms with Crippen LogP contribution < -0.4 is 0 Å². The lowest BCUT2D eigenvalue weighted by Gasteiger charge is -2.43. The minimum absolute atomic E-state index is 0.0181. The van der Waals surface area contributed by atoms with E-state index in [2.05, 4.69) is 52.1 Å². The molecule has 0 aromatic heterocycles. The standard InChI is InChI=1S/C30H40Cl2N2O.C2H4O2/c1-7-18-30(33-6,19-17-23(2)29(3,4)5)34(22-24-11-9-8-10-12-24)28(35)21-25-13-14-26(31)15-16-27(32)20-25;1-2(3)4/h8-12,14-15,20,23H,6-7,16-19,21-22H2,1-5H3;1H3,(H,3,4)/b26-15+,27-20+;. The third-order valence-electron chi connectivity index (χ3n) is 6.95. The molecule has 214 valence electrons. The Labute approximate surface area is 245 Å². The highest BCUT2D eigenvalue weighted by molar-refractivity contribution is 6.32. The van der Waals surface area contributed by atoms with Crippen molar-refractivity contribution >= 4 is 41.8 Å². The Morgan fingerprint density at radius 1 is 1.18 bits per heavy atom. The molecular formula is C32H44Cl2N2O3. The maximum absolute atomic E-state index is 14.0. The van der Waals surface area contributed by atoms with Crippen molar-refractivity contribution in [3.63, 3.8) is 0 Å². The number of aliphatic carboxylic acids is 1. The van der Waals surface area contributed by atoms with Gasteiger partial charge < -0.3 is 10.0 Å². The second-order valence-corrected chi connectivity index (χ2v) is 12.0. The van der Waals surface area contributed by atoms with E-state index in [9.17, 15) is 4.79 Å². The monoisotopic (exact) mass is 574 g/mol. The summed E-state index contributed by atoms with van der Waals surface area (Å²) in [4.78, 5) is 29.6. The molecule has 2 atom stereocenters. The number of rotatable bonds is 11. The minimum atomic E-state index is -0.833. The van der Waals surface area contributed by atoms with Crippen molar-refractivity contribution in [2.45, 2.75) is 92.3 Å². The molecule has 1 N–H and O–H groups in total. The molecule has 0 bridgehead atoms. The van der Waals surface area contributed by atoms with Crippen LogP contribution in [0.15, 0.2) is 74.9 Å². The molecule has 0 saturated heterocycles. The summed E-state index contributed by atoms with van der Waals surface area (Å²) in [5.41, 5.74) is 4.43. The fourth-order valence-corrected chi connectivity index (χ4v) is 4.56. The van der Waals surface area contributed by atoms with Crippen LogP contribution in [0.25, 0.3) is 0 Å². The van der Waals surface area contributed by atoms with Crippen LogP contribution in [0.5, 0.6) is 0 Å². The third-order valence-corrected chi connectivity index (χ3v) is 7.47. The van der Waals surface area contributed by atoms with Gasteiger partial charge in [0.25, 0.3) is 5.97 Å². The first kappa shape index (κ1) is 34.4. The zero-order chi connectivity index (χ0) is 29.6. The number of carboxylic acids is 1. The summed E-state index contributed by atoms with van der Waals surface area (Å²) in [5, 5.41) is 8.61. The number of carboxylic acid groups (broad SMARTS) is 1. The number of carbonyl (C=O) groups is 2. The Bertz CT molecular complexity index is 1090. The second kappa shape index (κ2) is 16.5. The first-order valence-electron chi connectivity index (χ1n) is 13.4. The first-order valence-corrected chi connectivity index (χ1v) is 14.2. The van der Waals surface area contributed by atoms with Crippen LogP contribution in [-0.2, 0) is 16.1 Å². The van der Waals surface area contributed by atoms with E-state index in [4.69, 9.17) is 33.1 Å². The average Bonchev–Trinajstić information content (AvgIpc) is 2.86. The molecule has 7 heteroatoms. The number of carbonyl (C=O) groups excluding carboxylic acids is 1. The van der Waals surface area contributed by atoms with E-state index in [1.54, 1.807) is 6.08 Å². The van der Waals surface area contributed by atoms with Crippen LogP contribution in [0, 0.1) is 11.3 Å². The molecular weight excluding hydrogens is 531 g/mol. The lowest BCUT2D eigenvalue weighted by molar-refractivity contribution is -0.138. The van der Waals surface area contributed by atoms with Crippen molar-refractivity contribution in [3.05, 3.63) is 75.5 Å². The van der Waals surface area contributed by atoms with E-state index in [1.807, 2.05) is 47.4 Å². The van der Waals surface area contributed by atoms with Crippen LogP contribution in [-0.4, -0.2) is 34.3 Å². The number of nitrogens with zero attached hydrogens (tertiary/aromatic N) is 2. The van der Waals surface area contributed by atoms with Gasteiger partial charge in [0.05, 0.1) is 6.42 Å². The zero-order valence-electron chi connectivity index (χ0n) is 24.3. The molecule has 0 spiro atoms. The predicted octanol–water partition coefficient (Wildman–Crippen LogP) is 8.89. The number of benzene rings is 1. The molecule has 1 aromatic carbocycles. The minimum Gasteiger partial charge on any atom is -0.481 e. The van der Waals surface area contributed by atoms with E-state index in [0.717, 1.165) is 38.2 Å². The van der Waals surface area contributed by atoms with E-state index in [1.165, 1.54) is 0 Å². The SMILES string of the molecule is C=NC(CCC)(CCC(C)C(C)(C)C)N(Cc1ccccc1)C(=O)CC1=C=C/C(Cl)=C\C/C(Cl)=C\1.CC(=O)O. The molecule has 1 aliphatic rings. The van der Waals surface area contributed by atoms with Gasteiger partial charge in [0.2, 0.25) is 5.91 Å². The third kappa shape index (κ3) is 12.4. The summed E-state index contributed by atoms with van der Waals surface area (Å²) in [6, 6.07) is 10.1. The maximum Gasteiger partial charge on any atom is 0.300 e. The Kier molecular flexibility index (Phi) is 14.6. The van der Waals surface area contributed by atoms with Crippen molar-refractivity contribution in [2.24, 2.45) is 16.3 Å². The maximum atomic E-state index is 14.0. The van der Waals surface area contributed by atoms with Gasteiger partial charge in [-0.2, -0.15) is 0 Å². The van der Waals surface area contributed by atoms with E-state index in [-0.39, 0.29) is 17.7 Å². The largest absolute Gasteiger partial charge is 0.481 e. The normalized spacial score (nSPS) is 18.3. The van der Waals surface area contributed by atoms with E-state index < -0.39 is 11.6 Å². The van der Waals surface area contributed by atoms with Crippen molar-refractivity contribution in [1.29, 1.82) is 0 Å². The van der Waals surface area contributed by atoms with Crippen LogP contribution in [0.3, 0.4) is 0 Å². The van der Waals surface area contributed by atoms with Gasteiger partial charge in [-0.05, 0) is 55.0 Å². The molecule has 2 rings (SSSR count). The summed E-state index contributed by atoms with van der Waals surface area (Å²) in [6.45, 7) is 16.7. The predicted molar refractivity (Wildman–Crippen MR) is 164 cm³/mol. The lowest BCUT2D eigenvalue weighted by Crippen LogP contribution is -2.50. The summed E-state index contributed by atoms with van der Waals surface area (Å²) in [6.07, 6.45) is 9.42. The van der Waals surface area contributed by atoms with Crippen LogP contribution >= 0.6 is 23.2 Å². The molecule has 0 aliphatic heterocycles. The molecule has 1 aliphatic carbocycles. The molecule has 0 fully saturated rings. The van der Waals surface area contributed by atoms with Gasteiger partial charge in [0.1, 0.15) is 5.66 Å². The Morgan fingerprint density at radius 2 is 1.79 bits per heavy atom. The molecule has 0 saturated carbocycles. The molecule has 2 unspecified atom stereocenters. The highest BCUT2D eigenvalue weighted by Crippen LogP contribution is 2.37. The topological polar surface area (TPSA) is 70.0 Å². The number of hydrogen-bond acceptors (Lipinski definition) is 3. The molecule has 5 nitrogen and oxygen atoms in total. The molecule has 39 heavy (non-hydrogen) atoms. The second-order valence-electron chi connectivity index (χ2n) is 11.1. The summed E-state index contributed by atoms with van der Waals surface area (Å²) < 4.78 is 0. The van der Waals surface area contributed by atoms with Gasteiger partial charge >= 0.3 is 0 Å². The van der Waals surface area contributed by atoms with Crippen molar-refractivity contribution in [3.8, 4) is 0 Å². The van der Waals surface area contributed by atoms with Crippen LogP contribution in [0.1, 0.15) is 85.6 Å². The number of halogens is 2. The van der Waals surface area contributed by atoms with Crippen molar-refractivity contribution in [2.75, 3.05) is 0 Å². The van der Waals surface area contributed by atoms with Gasteiger partial charge in [-0.25, -0.2) is 0 Å². The molecule has 1 aromatic rings. The van der Waals surface area contributed by atoms with Gasteiger partial charge in [0, 0.05) is 35.5 Å². The fraction of sp³-hybridized carbons (Fsp3) is 0.500. The average molecular weight is 576 g/mol. The molecule has 0 heterocycles. The van der Waals surface area contributed by atoms with Gasteiger partial charge in [-0.15, -0.1) is 5.73 Å². The first-order chi connectivity index (χ1) is 18.2. The highest BCUT2D eigenvalue weighted by atomic mass is 35.5. The lowest BCUT2D eigenvalue weighted by atomic mass is 9.77. The van der Waals surface area contributed by atoms with Gasteiger partial charge in [-0.1, -0.05) is 101 Å². The highest BCUT2D eigenvalue weighted by Gasteiger charge is 2.39. The van der Waals surface area contributed by atoms with Crippen LogP contribution in [0.4, 0.5) is 0 Å². The summed E-state index contributed by atoms with van der Waals surface area (Å²) in [5.74, 6) is -0.378. The van der Waals surface area contributed by atoms with Gasteiger partial charge in [0.15, 0.2) is 0 Å². The van der Waals surface area contributed by atoms with Crippen LogP contribution in [0.2, 0.25) is 0 Å². The summed E-state index contributed by atoms with van der Waals surface area (Å²) >= 11 is 12.6. The van der Waals surface area contributed by atoms with Crippen molar-refractivity contribution < 1.29 is 14.7 Å². The number of hydrogen-bond donors (Lipinski definition) is 1. The zero-order valence-corrected chi connectivity index (χ0v) is 25.8. The Hall–Kier alpha value is -2.59. The van der Waals surface area contributed by atoms with E-state index in [0.29, 0.717) is 34.5 Å².